The Morgan fingerprint density at radius 3 is 2.31 bits per heavy atom. The molecule has 1 aliphatic heterocycles. The van der Waals surface area contributed by atoms with Crippen molar-refractivity contribution in [2.45, 2.75) is 32.7 Å². The van der Waals surface area contributed by atoms with Gasteiger partial charge in [-0.25, -0.2) is 4.39 Å². The zero-order valence-electron chi connectivity index (χ0n) is 10.3. The lowest BCUT2D eigenvalue weighted by atomic mass is 9.90. The first-order chi connectivity index (χ1) is 7.58. The van der Waals surface area contributed by atoms with E-state index in [0.29, 0.717) is 17.9 Å². The molecule has 0 spiro atoms. The first-order valence-electron chi connectivity index (χ1n) is 6.07. The number of hydrogen-bond acceptors (Lipinski definition) is 1. The summed E-state index contributed by atoms with van der Waals surface area (Å²) in [6.07, 6.45) is 0. The molecule has 0 aliphatic carbocycles. The van der Waals surface area contributed by atoms with Crippen LogP contribution in [0.4, 0.5) is 4.39 Å². The molecule has 0 aromatic heterocycles. The molecule has 0 saturated carbocycles. The summed E-state index contributed by atoms with van der Waals surface area (Å²) in [7, 11) is 0. The Kier molecular flexibility index (Phi) is 3.29. The molecular formula is C14H20FN. The van der Waals surface area contributed by atoms with Crippen LogP contribution in [0.15, 0.2) is 24.3 Å². The van der Waals surface area contributed by atoms with Crippen LogP contribution in [-0.4, -0.2) is 24.0 Å². The highest BCUT2D eigenvalue weighted by atomic mass is 19.1. The lowest BCUT2D eigenvalue weighted by Gasteiger charge is -2.20. The largest absolute Gasteiger partial charge is 0.300 e. The molecule has 2 atom stereocenters. The maximum absolute atomic E-state index is 12.9. The van der Waals surface area contributed by atoms with Gasteiger partial charge in [-0.15, -0.1) is 0 Å². The van der Waals surface area contributed by atoms with Crippen molar-refractivity contribution in [3.63, 3.8) is 0 Å². The molecular weight excluding hydrogens is 201 g/mol. The van der Waals surface area contributed by atoms with Gasteiger partial charge in [0.25, 0.3) is 0 Å². The third-order valence-corrected chi connectivity index (χ3v) is 3.67. The molecule has 16 heavy (non-hydrogen) atoms. The van der Waals surface area contributed by atoms with Crippen molar-refractivity contribution in [2.24, 2.45) is 5.92 Å². The van der Waals surface area contributed by atoms with Crippen LogP contribution < -0.4 is 0 Å². The molecule has 0 bridgehead atoms. The third-order valence-electron chi connectivity index (χ3n) is 3.67. The summed E-state index contributed by atoms with van der Waals surface area (Å²) in [6.45, 7) is 9.01. The fourth-order valence-corrected chi connectivity index (χ4v) is 2.57. The molecule has 2 rings (SSSR count). The summed E-state index contributed by atoms with van der Waals surface area (Å²) in [5.41, 5.74) is 1.28. The van der Waals surface area contributed by atoms with E-state index in [-0.39, 0.29) is 5.82 Å². The number of benzene rings is 1. The van der Waals surface area contributed by atoms with E-state index in [2.05, 4.69) is 25.7 Å². The highest BCUT2D eigenvalue weighted by molar-refractivity contribution is 5.23. The molecule has 0 N–H and O–H groups in total. The monoisotopic (exact) mass is 221 g/mol. The fourth-order valence-electron chi connectivity index (χ4n) is 2.57. The van der Waals surface area contributed by atoms with Crippen LogP contribution in [0.1, 0.15) is 32.3 Å². The Hall–Kier alpha value is -0.890. The first kappa shape index (κ1) is 11.6. The van der Waals surface area contributed by atoms with Gasteiger partial charge in [-0.1, -0.05) is 19.1 Å². The minimum atomic E-state index is -0.143. The summed E-state index contributed by atoms with van der Waals surface area (Å²) in [5, 5.41) is 0. The quantitative estimate of drug-likeness (QED) is 0.741. The SMILES string of the molecule is CC(C)N1CC(c2ccc(F)cc2)[C@H](C)C1. The van der Waals surface area contributed by atoms with Crippen LogP contribution in [0, 0.1) is 11.7 Å². The van der Waals surface area contributed by atoms with Gasteiger partial charge in [-0.3, -0.25) is 0 Å². The minimum Gasteiger partial charge on any atom is -0.300 e. The van der Waals surface area contributed by atoms with E-state index in [0.717, 1.165) is 13.1 Å². The molecule has 2 heteroatoms. The molecule has 1 fully saturated rings. The van der Waals surface area contributed by atoms with Crippen molar-refractivity contribution in [1.82, 2.24) is 4.90 Å². The van der Waals surface area contributed by atoms with Crippen LogP contribution in [0.25, 0.3) is 0 Å². The molecule has 1 heterocycles. The zero-order valence-corrected chi connectivity index (χ0v) is 10.3. The fraction of sp³-hybridized carbons (Fsp3) is 0.571. The van der Waals surface area contributed by atoms with Gasteiger partial charge in [0.05, 0.1) is 0 Å². The minimum absolute atomic E-state index is 0.143. The molecule has 0 amide bonds. The molecule has 1 aromatic rings. The Morgan fingerprint density at radius 2 is 1.81 bits per heavy atom. The average molecular weight is 221 g/mol. The Bertz CT molecular complexity index is 344. The van der Waals surface area contributed by atoms with E-state index < -0.39 is 0 Å². The average Bonchev–Trinajstić information content (AvgIpc) is 2.62. The Morgan fingerprint density at radius 1 is 1.19 bits per heavy atom. The van der Waals surface area contributed by atoms with Gasteiger partial charge < -0.3 is 4.90 Å². The van der Waals surface area contributed by atoms with Gasteiger partial charge in [0.2, 0.25) is 0 Å². The van der Waals surface area contributed by atoms with E-state index in [1.165, 1.54) is 5.56 Å². The first-order valence-corrected chi connectivity index (χ1v) is 6.07. The molecule has 1 aliphatic rings. The highest BCUT2D eigenvalue weighted by Crippen LogP contribution is 2.33. The smallest absolute Gasteiger partial charge is 0.123 e. The van der Waals surface area contributed by atoms with Crippen LogP contribution >= 0.6 is 0 Å². The summed E-state index contributed by atoms with van der Waals surface area (Å²) in [6, 6.07) is 7.61. The standard InChI is InChI=1S/C14H20FN/c1-10(2)16-8-11(3)14(9-16)12-4-6-13(15)7-5-12/h4-7,10-11,14H,8-9H2,1-3H3/t11-,14?/m1/s1. The molecule has 88 valence electrons. The number of halogens is 1. The van der Waals surface area contributed by atoms with Gasteiger partial charge in [0.1, 0.15) is 5.82 Å². The maximum atomic E-state index is 12.9. The van der Waals surface area contributed by atoms with Crippen molar-refractivity contribution >= 4 is 0 Å². The maximum Gasteiger partial charge on any atom is 0.123 e. The number of likely N-dealkylation sites (tertiary alicyclic amines) is 1. The lowest BCUT2D eigenvalue weighted by Crippen LogP contribution is -2.28. The predicted octanol–water partition coefficient (Wildman–Crippen LogP) is 3.27. The van der Waals surface area contributed by atoms with Gasteiger partial charge in [-0.05, 0) is 37.5 Å². The molecule has 1 nitrogen and oxygen atoms in total. The number of nitrogens with zero attached hydrogens (tertiary/aromatic N) is 1. The van der Waals surface area contributed by atoms with Gasteiger partial charge in [0.15, 0.2) is 0 Å². The van der Waals surface area contributed by atoms with Crippen molar-refractivity contribution in [2.75, 3.05) is 13.1 Å². The van der Waals surface area contributed by atoms with Gasteiger partial charge in [0, 0.05) is 25.0 Å². The van der Waals surface area contributed by atoms with Crippen molar-refractivity contribution < 1.29 is 4.39 Å². The molecule has 1 aromatic carbocycles. The van der Waals surface area contributed by atoms with Crippen molar-refractivity contribution in [1.29, 1.82) is 0 Å². The second-order valence-corrected chi connectivity index (χ2v) is 5.18. The second kappa shape index (κ2) is 4.54. The van der Waals surface area contributed by atoms with Crippen LogP contribution in [-0.2, 0) is 0 Å². The van der Waals surface area contributed by atoms with Crippen LogP contribution in [0.3, 0.4) is 0 Å². The summed E-state index contributed by atoms with van der Waals surface area (Å²) in [4.78, 5) is 2.50. The molecule has 1 saturated heterocycles. The van der Waals surface area contributed by atoms with Gasteiger partial charge in [-0.2, -0.15) is 0 Å². The predicted molar refractivity (Wildman–Crippen MR) is 65.0 cm³/mol. The number of rotatable bonds is 2. The Balaban J connectivity index is 2.13. The van der Waals surface area contributed by atoms with E-state index in [4.69, 9.17) is 0 Å². The second-order valence-electron chi connectivity index (χ2n) is 5.18. The van der Waals surface area contributed by atoms with Crippen LogP contribution in [0.2, 0.25) is 0 Å². The third kappa shape index (κ3) is 2.27. The molecule has 0 radical (unpaired) electrons. The Labute approximate surface area is 97.3 Å². The van der Waals surface area contributed by atoms with Gasteiger partial charge >= 0.3 is 0 Å². The highest BCUT2D eigenvalue weighted by Gasteiger charge is 2.31. The van der Waals surface area contributed by atoms with E-state index in [1.807, 2.05) is 12.1 Å². The summed E-state index contributed by atoms with van der Waals surface area (Å²) in [5.74, 6) is 1.07. The normalized spacial score (nSPS) is 26.6. The lowest BCUT2D eigenvalue weighted by molar-refractivity contribution is 0.266. The van der Waals surface area contributed by atoms with E-state index >= 15 is 0 Å². The summed E-state index contributed by atoms with van der Waals surface area (Å²) >= 11 is 0. The van der Waals surface area contributed by atoms with Crippen LogP contribution in [0.5, 0.6) is 0 Å². The topological polar surface area (TPSA) is 3.24 Å². The number of hydrogen-bond donors (Lipinski definition) is 0. The molecule has 1 unspecified atom stereocenters. The van der Waals surface area contributed by atoms with E-state index in [1.54, 1.807) is 12.1 Å². The zero-order chi connectivity index (χ0) is 11.7. The summed E-state index contributed by atoms with van der Waals surface area (Å²) < 4.78 is 12.9. The van der Waals surface area contributed by atoms with Crippen molar-refractivity contribution in [3.05, 3.63) is 35.6 Å². The van der Waals surface area contributed by atoms with E-state index in [9.17, 15) is 4.39 Å². The van der Waals surface area contributed by atoms with Crippen molar-refractivity contribution in [3.8, 4) is 0 Å².